The van der Waals surface area contributed by atoms with Crippen LogP contribution in [0.3, 0.4) is 0 Å². The average molecular weight is 507 g/mol. The van der Waals surface area contributed by atoms with Crippen molar-refractivity contribution >= 4 is 5.78 Å². The zero-order valence-electron chi connectivity index (χ0n) is 22.3. The van der Waals surface area contributed by atoms with Crippen molar-refractivity contribution in [1.29, 1.82) is 0 Å². The van der Waals surface area contributed by atoms with Crippen molar-refractivity contribution in [3.05, 3.63) is 23.8 Å². The molecule has 0 aliphatic heterocycles. The molecule has 0 aromatic rings. The second kappa shape index (κ2) is 9.28. The monoisotopic (exact) mass is 506 g/mol. The molecular formula is C29H46O7. The largest absolute Gasteiger partial charge is 0.392 e. The number of ketones is 1. The molecule has 7 nitrogen and oxygen atoms in total. The molecule has 0 amide bonds. The summed E-state index contributed by atoms with van der Waals surface area (Å²) in [6.45, 7) is 11.4. The molecule has 4 aliphatic rings. The quantitative estimate of drug-likeness (QED) is 0.291. The number of carbonyl (C=O) groups is 1. The SMILES string of the molecule is C=C(CO)[C@@H](CC)C[C@@H](O)[C@](C)(O)[C@H]1CCC2(O)C3=CC(=O)[C@@H]4C[C@@H](O)[C@@H](O)C[C@]4(C)[C@H]3CC[C@]12C. The van der Waals surface area contributed by atoms with Crippen LogP contribution in [0.2, 0.25) is 0 Å². The molecule has 3 saturated carbocycles. The maximum absolute atomic E-state index is 13.3. The van der Waals surface area contributed by atoms with Crippen molar-refractivity contribution in [1.82, 2.24) is 0 Å². The van der Waals surface area contributed by atoms with Gasteiger partial charge < -0.3 is 30.6 Å². The van der Waals surface area contributed by atoms with Crippen LogP contribution in [0.4, 0.5) is 0 Å². The predicted octanol–water partition coefficient (Wildman–Crippen LogP) is 2.27. The summed E-state index contributed by atoms with van der Waals surface area (Å²) in [5.41, 5.74) is -2.73. The smallest absolute Gasteiger partial charge is 0.159 e. The lowest BCUT2D eigenvalue weighted by Crippen LogP contribution is -2.63. The van der Waals surface area contributed by atoms with Crippen molar-refractivity contribution in [2.45, 2.75) is 109 Å². The van der Waals surface area contributed by atoms with E-state index in [0.29, 0.717) is 49.7 Å². The van der Waals surface area contributed by atoms with Crippen LogP contribution in [-0.2, 0) is 4.79 Å². The third-order valence-corrected chi connectivity index (χ3v) is 11.3. The number of aliphatic hydroxyl groups excluding tert-OH is 4. The molecule has 0 spiro atoms. The molecule has 3 fully saturated rings. The van der Waals surface area contributed by atoms with E-state index < -0.39 is 46.3 Å². The van der Waals surface area contributed by atoms with Crippen molar-refractivity contribution in [2.75, 3.05) is 6.61 Å². The number of allylic oxidation sites excluding steroid dienone is 1. The first-order valence-electron chi connectivity index (χ1n) is 13.7. The molecule has 11 atom stereocenters. The van der Waals surface area contributed by atoms with Gasteiger partial charge in [0.1, 0.15) is 0 Å². The van der Waals surface area contributed by atoms with Gasteiger partial charge in [0, 0.05) is 11.3 Å². The second-order valence-electron chi connectivity index (χ2n) is 13.0. The lowest BCUT2D eigenvalue weighted by molar-refractivity contribution is -0.177. The molecular weight excluding hydrogens is 460 g/mol. The fraction of sp³-hybridized carbons (Fsp3) is 0.828. The van der Waals surface area contributed by atoms with E-state index >= 15 is 0 Å². The summed E-state index contributed by atoms with van der Waals surface area (Å²) in [6.07, 6.45) is 2.45. The highest BCUT2D eigenvalue weighted by Crippen LogP contribution is 2.68. The number of rotatable bonds is 7. The molecule has 36 heavy (non-hydrogen) atoms. The first kappa shape index (κ1) is 27.9. The molecule has 0 bridgehead atoms. The topological polar surface area (TPSA) is 138 Å². The van der Waals surface area contributed by atoms with E-state index in [1.54, 1.807) is 13.0 Å². The van der Waals surface area contributed by atoms with Crippen LogP contribution in [-0.4, -0.2) is 72.5 Å². The van der Waals surface area contributed by atoms with Gasteiger partial charge in [0.2, 0.25) is 0 Å². The van der Waals surface area contributed by atoms with Crippen LogP contribution in [0.15, 0.2) is 23.8 Å². The molecule has 0 saturated heterocycles. The Morgan fingerprint density at radius 3 is 2.47 bits per heavy atom. The van der Waals surface area contributed by atoms with Crippen LogP contribution in [0.5, 0.6) is 0 Å². The summed E-state index contributed by atoms with van der Waals surface area (Å²) in [4.78, 5) is 13.3. The zero-order chi connectivity index (χ0) is 26.8. The Kier molecular flexibility index (Phi) is 7.20. The highest BCUT2D eigenvalue weighted by atomic mass is 16.3. The third kappa shape index (κ3) is 3.88. The normalized spacial score (nSPS) is 45.6. The van der Waals surface area contributed by atoms with E-state index in [0.717, 1.165) is 0 Å². The predicted molar refractivity (Wildman–Crippen MR) is 136 cm³/mol. The number of aliphatic hydroxyl groups is 6. The molecule has 204 valence electrons. The van der Waals surface area contributed by atoms with Gasteiger partial charge in [-0.05, 0) is 98.7 Å². The van der Waals surface area contributed by atoms with E-state index in [1.807, 2.05) is 20.8 Å². The molecule has 0 aromatic carbocycles. The highest BCUT2D eigenvalue weighted by molar-refractivity contribution is 5.95. The Balaban J connectivity index is 1.66. The van der Waals surface area contributed by atoms with Gasteiger partial charge in [0.15, 0.2) is 5.78 Å². The van der Waals surface area contributed by atoms with E-state index in [-0.39, 0.29) is 43.0 Å². The Hall–Kier alpha value is -1.09. The first-order valence-corrected chi connectivity index (χ1v) is 13.7. The van der Waals surface area contributed by atoms with Gasteiger partial charge in [-0.25, -0.2) is 0 Å². The van der Waals surface area contributed by atoms with Crippen LogP contribution < -0.4 is 0 Å². The maximum atomic E-state index is 13.3. The van der Waals surface area contributed by atoms with Gasteiger partial charge in [-0.15, -0.1) is 0 Å². The lowest BCUT2D eigenvalue weighted by Gasteiger charge is -2.60. The Morgan fingerprint density at radius 2 is 1.86 bits per heavy atom. The fourth-order valence-corrected chi connectivity index (χ4v) is 8.80. The number of hydrogen-bond acceptors (Lipinski definition) is 7. The Bertz CT molecular complexity index is 927. The standard InChI is InChI=1S/C29H46O7/c1-6-17(16(2)15-30)11-25(34)28(5,35)24-8-10-29(36)19-12-21(31)20-13-22(32)23(33)14-26(20,3)18(19)7-9-27(24,29)4/h12,17-18,20,22-25,30,32-36H,2,6-11,13-15H2,1,3-5H3/t17-,18-,20-,22+,23-,24-,25+,26+,27+,28+,29?/m0/s1. The van der Waals surface area contributed by atoms with Gasteiger partial charge in [0.25, 0.3) is 0 Å². The van der Waals surface area contributed by atoms with Gasteiger partial charge in [0.05, 0.1) is 36.1 Å². The van der Waals surface area contributed by atoms with E-state index in [2.05, 4.69) is 6.58 Å². The molecule has 6 N–H and O–H groups in total. The minimum absolute atomic E-state index is 0.0913. The van der Waals surface area contributed by atoms with Gasteiger partial charge in [-0.1, -0.05) is 27.4 Å². The number of hydrogen-bond donors (Lipinski definition) is 6. The summed E-state index contributed by atoms with van der Waals surface area (Å²) in [5.74, 6) is -1.09. The molecule has 0 aromatic heterocycles. The Labute approximate surface area is 214 Å². The molecule has 0 heterocycles. The van der Waals surface area contributed by atoms with Crippen molar-refractivity contribution in [3.8, 4) is 0 Å². The number of carbonyl (C=O) groups excluding carboxylic acids is 1. The van der Waals surface area contributed by atoms with Crippen LogP contribution in [0.25, 0.3) is 0 Å². The van der Waals surface area contributed by atoms with Crippen LogP contribution >= 0.6 is 0 Å². The average Bonchev–Trinajstić information content (AvgIpc) is 3.10. The summed E-state index contributed by atoms with van der Waals surface area (Å²) in [6, 6.07) is 0. The molecule has 4 rings (SSSR count). The van der Waals surface area contributed by atoms with Crippen molar-refractivity contribution < 1.29 is 35.4 Å². The van der Waals surface area contributed by atoms with E-state index in [9.17, 15) is 35.4 Å². The van der Waals surface area contributed by atoms with Gasteiger partial charge >= 0.3 is 0 Å². The number of fused-ring (bicyclic) bond motifs is 5. The second-order valence-corrected chi connectivity index (χ2v) is 13.0. The minimum Gasteiger partial charge on any atom is -0.392 e. The van der Waals surface area contributed by atoms with Crippen molar-refractivity contribution in [3.63, 3.8) is 0 Å². The molecule has 0 radical (unpaired) electrons. The summed E-state index contributed by atoms with van der Waals surface area (Å²) < 4.78 is 0. The summed E-state index contributed by atoms with van der Waals surface area (Å²) >= 11 is 0. The molecule has 7 heteroatoms. The molecule has 4 aliphatic carbocycles. The minimum atomic E-state index is -1.48. The van der Waals surface area contributed by atoms with E-state index in [1.165, 1.54) is 0 Å². The van der Waals surface area contributed by atoms with Crippen LogP contribution in [0.1, 0.15) is 79.1 Å². The van der Waals surface area contributed by atoms with Crippen LogP contribution in [0, 0.1) is 34.5 Å². The maximum Gasteiger partial charge on any atom is 0.159 e. The summed E-state index contributed by atoms with van der Waals surface area (Å²) in [7, 11) is 0. The van der Waals surface area contributed by atoms with Crippen molar-refractivity contribution in [2.24, 2.45) is 34.5 Å². The zero-order valence-corrected chi connectivity index (χ0v) is 22.3. The summed E-state index contributed by atoms with van der Waals surface area (Å²) in [5, 5.41) is 65.5. The Morgan fingerprint density at radius 1 is 1.19 bits per heavy atom. The lowest BCUT2D eigenvalue weighted by atomic mass is 9.45. The first-order chi connectivity index (χ1) is 16.7. The van der Waals surface area contributed by atoms with E-state index in [4.69, 9.17) is 0 Å². The van der Waals surface area contributed by atoms with Gasteiger partial charge in [-0.2, -0.15) is 0 Å². The van der Waals surface area contributed by atoms with Gasteiger partial charge in [-0.3, -0.25) is 4.79 Å². The molecule has 1 unspecified atom stereocenters. The fourth-order valence-electron chi connectivity index (χ4n) is 8.80. The third-order valence-electron chi connectivity index (χ3n) is 11.3. The highest BCUT2D eigenvalue weighted by Gasteiger charge is 2.69.